The maximum atomic E-state index is 13.9. The summed E-state index contributed by atoms with van der Waals surface area (Å²) >= 11 is 3.38. The molecule has 3 aromatic rings. The van der Waals surface area contributed by atoms with Crippen molar-refractivity contribution in [2.75, 3.05) is 5.32 Å². The lowest BCUT2D eigenvalue weighted by atomic mass is 10.2. The van der Waals surface area contributed by atoms with Crippen LogP contribution in [0.15, 0.2) is 53.0 Å². The number of carbonyl (C=O) groups is 1. The molecule has 25 heavy (non-hydrogen) atoms. The van der Waals surface area contributed by atoms with Crippen molar-refractivity contribution in [1.29, 1.82) is 0 Å². The number of aryl methyl sites for hydroxylation is 1. The van der Waals surface area contributed by atoms with E-state index in [0.717, 1.165) is 10.2 Å². The van der Waals surface area contributed by atoms with Gasteiger partial charge in [-0.05, 0) is 48.0 Å². The Bertz CT molecular complexity index is 936. The van der Waals surface area contributed by atoms with Crippen molar-refractivity contribution in [3.05, 3.63) is 81.3 Å². The van der Waals surface area contributed by atoms with Gasteiger partial charge in [0.2, 0.25) is 0 Å². The molecule has 0 aliphatic carbocycles. The SMILES string of the molecule is Cc1nn(Cc2ccccc2F)c(C)c1NC(=O)c1ccccc1Br. The van der Waals surface area contributed by atoms with Crippen molar-refractivity contribution >= 4 is 27.5 Å². The molecular formula is C19H17BrFN3O. The summed E-state index contributed by atoms with van der Waals surface area (Å²) in [5.41, 5.74) is 3.22. The summed E-state index contributed by atoms with van der Waals surface area (Å²) in [6.07, 6.45) is 0. The van der Waals surface area contributed by atoms with Crippen LogP contribution in [-0.4, -0.2) is 15.7 Å². The first-order valence-corrected chi connectivity index (χ1v) is 8.60. The summed E-state index contributed by atoms with van der Waals surface area (Å²) in [5, 5.41) is 7.35. The van der Waals surface area contributed by atoms with Crippen LogP contribution in [0.25, 0.3) is 0 Å². The number of carbonyl (C=O) groups excluding carboxylic acids is 1. The third-order valence-corrected chi connectivity index (χ3v) is 4.71. The van der Waals surface area contributed by atoms with Crippen LogP contribution in [0, 0.1) is 19.7 Å². The second-order valence-electron chi connectivity index (χ2n) is 5.73. The Hall–Kier alpha value is -2.47. The van der Waals surface area contributed by atoms with Crippen molar-refractivity contribution in [3.63, 3.8) is 0 Å². The van der Waals surface area contributed by atoms with Gasteiger partial charge in [0.1, 0.15) is 5.82 Å². The molecule has 0 aliphatic rings. The molecule has 1 N–H and O–H groups in total. The highest BCUT2D eigenvalue weighted by atomic mass is 79.9. The van der Waals surface area contributed by atoms with Crippen molar-refractivity contribution in [1.82, 2.24) is 9.78 Å². The van der Waals surface area contributed by atoms with Gasteiger partial charge in [0.25, 0.3) is 5.91 Å². The molecule has 4 nitrogen and oxygen atoms in total. The lowest BCUT2D eigenvalue weighted by molar-refractivity contribution is 0.102. The Labute approximate surface area is 153 Å². The average Bonchev–Trinajstić information content (AvgIpc) is 2.85. The van der Waals surface area contributed by atoms with Gasteiger partial charge >= 0.3 is 0 Å². The summed E-state index contributed by atoms with van der Waals surface area (Å²) in [4.78, 5) is 12.5. The van der Waals surface area contributed by atoms with E-state index in [-0.39, 0.29) is 11.7 Å². The largest absolute Gasteiger partial charge is 0.319 e. The maximum Gasteiger partial charge on any atom is 0.256 e. The zero-order chi connectivity index (χ0) is 18.0. The Kier molecular flexibility index (Phi) is 4.99. The number of hydrogen-bond acceptors (Lipinski definition) is 2. The molecular weight excluding hydrogens is 385 g/mol. The molecule has 0 spiro atoms. The number of rotatable bonds is 4. The molecule has 3 rings (SSSR count). The number of benzene rings is 2. The van der Waals surface area contributed by atoms with E-state index in [1.807, 2.05) is 26.0 Å². The zero-order valence-corrected chi connectivity index (χ0v) is 15.5. The third-order valence-electron chi connectivity index (χ3n) is 4.02. The lowest BCUT2D eigenvalue weighted by Gasteiger charge is -2.09. The molecule has 1 aromatic heterocycles. The topological polar surface area (TPSA) is 46.9 Å². The van der Waals surface area contributed by atoms with E-state index in [1.165, 1.54) is 6.07 Å². The Balaban J connectivity index is 1.86. The van der Waals surface area contributed by atoms with Crippen molar-refractivity contribution in [2.24, 2.45) is 0 Å². The predicted molar refractivity (Wildman–Crippen MR) is 99.3 cm³/mol. The molecule has 0 fully saturated rings. The van der Waals surface area contributed by atoms with Gasteiger partial charge in [-0.3, -0.25) is 9.48 Å². The Morgan fingerprint density at radius 3 is 2.56 bits per heavy atom. The van der Waals surface area contributed by atoms with Gasteiger partial charge in [-0.2, -0.15) is 5.10 Å². The molecule has 0 radical (unpaired) electrons. The minimum Gasteiger partial charge on any atom is -0.319 e. The molecule has 0 aliphatic heterocycles. The van der Waals surface area contributed by atoms with Crippen LogP contribution in [0.2, 0.25) is 0 Å². The Morgan fingerprint density at radius 2 is 1.84 bits per heavy atom. The van der Waals surface area contributed by atoms with Crippen LogP contribution in [-0.2, 0) is 6.54 Å². The molecule has 0 unspecified atom stereocenters. The van der Waals surface area contributed by atoms with E-state index in [2.05, 4.69) is 26.3 Å². The van der Waals surface area contributed by atoms with E-state index in [9.17, 15) is 9.18 Å². The third kappa shape index (κ3) is 3.64. The van der Waals surface area contributed by atoms with E-state index in [1.54, 1.807) is 35.0 Å². The van der Waals surface area contributed by atoms with Crippen molar-refractivity contribution < 1.29 is 9.18 Å². The highest BCUT2D eigenvalue weighted by Crippen LogP contribution is 2.23. The molecule has 0 saturated heterocycles. The Morgan fingerprint density at radius 1 is 1.16 bits per heavy atom. The molecule has 1 heterocycles. The van der Waals surface area contributed by atoms with Crippen LogP contribution in [0.1, 0.15) is 27.3 Å². The van der Waals surface area contributed by atoms with Crippen LogP contribution in [0.4, 0.5) is 10.1 Å². The number of nitrogens with zero attached hydrogens (tertiary/aromatic N) is 2. The van der Waals surface area contributed by atoms with Gasteiger partial charge in [0.05, 0.1) is 29.2 Å². The number of halogens is 2. The summed E-state index contributed by atoms with van der Waals surface area (Å²) in [7, 11) is 0. The molecule has 6 heteroatoms. The standard InChI is InChI=1S/C19H17BrFN3O/c1-12-18(22-19(25)15-8-4-5-9-16(15)20)13(2)24(23-12)11-14-7-3-6-10-17(14)21/h3-10H,11H2,1-2H3,(H,22,25). The second kappa shape index (κ2) is 7.19. The summed E-state index contributed by atoms with van der Waals surface area (Å²) < 4.78 is 16.3. The molecule has 0 atom stereocenters. The average molecular weight is 402 g/mol. The van der Waals surface area contributed by atoms with Gasteiger partial charge in [0.15, 0.2) is 0 Å². The maximum absolute atomic E-state index is 13.9. The monoisotopic (exact) mass is 401 g/mol. The van der Waals surface area contributed by atoms with Gasteiger partial charge in [-0.25, -0.2) is 4.39 Å². The zero-order valence-electron chi connectivity index (χ0n) is 13.9. The predicted octanol–water partition coefficient (Wildman–Crippen LogP) is 4.70. The number of aromatic nitrogens is 2. The van der Waals surface area contributed by atoms with Crippen LogP contribution in [0.3, 0.4) is 0 Å². The van der Waals surface area contributed by atoms with E-state index < -0.39 is 0 Å². The first-order valence-electron chi connectivity index (χ1n) is 7.80. The fourth-order valence-corrected chi connectivity index (χ4v) is 3.11. The molecule has 0 saturated carbocycles. The summed E-state index contributed by atoms with van der Waals surface area (Å²) in [5.74, 6) is -0.488. The lowest BCUT2D eigenvalue weighted by Crippen LogP contribution is -2.14. The first-order chi connectivity index (χ1) is 12.0. The van der Waals surface area contributed by atoms with Crippen LogP contribution < -0.4 is 5.32 Å². The van der Waals surface area contributed by atoms with Crippen molar-refractivity contribution in [2.45, 2.75) is 20.4 Å². The van der Waals surface area contributed by atoms with Gasteiger partial charge in [-0.15, -0.1) is 0 Å². The van der Waals surface area contributed by atoms with E-state index in [4.69, 9.17) is 0 Å². The molecule has 2 aromatic carbocycles. The quantitative estimate of drug-likeness (QED) is 0.688. The number of hydrogen-bond donors (Lipinski definition) is 1. The van der Waals surface area contributed by atoms with Gasteiger partial charge < -0.3 is 5.32 Å². The molecule has 128 valence electrons. The van der Waals surface area contributed by atoms with Crippen molar-refractivity contribution in [3.8, 4) is 0 Å². The van der Waals surface area contributed by atoms with E-state index in [0.29, 0.717) is 29.1 Å². The van der Waals surface area contributed by atoms with Crippen LogP contribution in [0.5, 0.6) is 0 Å². The summed E-state index contributed by atoms with van der Waals surface area (Å²) in [6, 6.07) is 13.8. The fourth-order valence-electron chi connectivity index (χ4n) is 2.65. The second-order valence-corrected chi connectivity index (χ2v) is 6.58. The first kappa shape index (κ1) is 17.4. The molecule has 1 amide bonds. The highest BCUT2D eigenvalue weighted by Gasteiger charge is 2.17. The highest BCUT2D eigenvalue weighted by molar-refractivity contribution is 9.10. The van der Waals surface area contributed by atoms with Gasteiger partial charge in [-0.1, -0.05) is 30.3 Å². The fraction of sp³-hybridized carbons (Fsp3) is 0.158. The van der Waals surface area contributed by atoms with Gasteiger partial charge in [0, 0.05) is 10.0 Å². The number of amides is 1. The van der Waals surface area contributed by atoms with Crippen LogP contribution >= 0.6 is 15.9 Å². The minimum atomic E-state index is -0.270. The smallest absolute Gasteiger partial charge is 0.256 e. The number of nitrogens with one attached hydrogen (secondary N) is 1. The minimum absolute atomic E-state index is 0.218. The summed E-state index contributed by atoms with van der Waals surface area (Å²) in [6.45, 7) is 3.99. The van der Waals surface area contributed by atoms with E-state index >= 15 is 0 Å². The molecule has 0 bridgehead atoms. The normalized spacial score (nSPS) is 10.7. The number of anilines is 1.